The van der Waals surface area contributed by atoms with Crippen LogP contribution < -0.4 is 0 Å². The zero-order valence-electron chi connectivity index (χ0n) is 12.3. The van der Waals surface area contributed by atoms with E-state index in [0.717, 1.165) is 12.1 Å². The van der Waals surface area contributed by atoms with Crippen LogP contribution in [-0.4, -0.2) is 45.7 Å². The number of benzene rings is 1. The fraction of sp³-hybridized carbons (Fsp3) is 0.500. The van der Waals surface area contributed by atoms with E-state index in [4.69, 9.17) is 5.11 Å². The third kappa shape index (κ3) is 2.93. The Labute approximate surface area is 131 Å². The summed E-state index contributed by atoms with van der Waals surface area (Å²) in [5.41, 5.74) is -1.17. The highest BCUT2D eigenvalue weighted by atomic mass is 19.2. The van der Waals surface area contributed by atoms with Gasteiger partial charge in [-0.2, -0.15) is 0 Å². The standard InChI is InChI=1S/C16H17F2NO4/c17-12-2-1-9(7-13(12)18)10-8-11(10)14(20)19-5-3-16(23,4-6-19)15(21)22/h1-2,7,10-11,23H,3-6,8H2,(H,21,22). The van der Waals surface area contributed by atoms with Gasteiger partial charge in [0.15, 0.2) is 17.2 Å². The molecule has 23 heavy (non-hydrogen) atoms. The molecule has 0 bridgehead atoms. The van der Waals surface area contributed by atoms with Crippen LogP contribution in [0.2, 0.25) is 0 Å². The number of aliphatic carboxylic acids is 1. The fourth-order valence-electron chi connectivity index (χ4n) is 3.12. The zero-order chi connectivity index (χ0) is 16.8. The average Bonchev–Trinajstić information content (AvgIpc) is 3.30. The Morgan fingerprint density at radius 1 is 1.17 bits per heavy atom. The Hall–Kier alpha value is -2.02. The Bertz CT molecular complexity index is 655. The number of carboxylic acids is 1. The van der Waals surface area contributed by atoms with Gasteiger partial charge >= 0.3 is 5.97 Å². The molecule has 2 atom stereocenters. The molecular weight excluding hydrogens is 308 g/mol. The summed E-state index contributed by atoms with van der Waals surface area (Å²) in [6.07, 6.45) is 0.566. The lowest BCUT2D eigenvalue weighted by Crippen LogP contribution is -2.51. The van der Waals surface area contributed by atoms with Crippen molar-refractivity contribution in [1.82, 2.24) is 4.90 Å². The maximum absolute atomic E-state index is 13.3. The highest BCUT2D eigenvalue weighted by molar-refractivity contribution is 5.84. The molecule has 1 aromatic carbocycles. The lowest BCUT2D eigenvalue weighted by atomic mass is 9.91. The van der Waals surface area contributed by atoms with Gasteiger partial charge in [-0.05, 0) is 30.0 Å². The molecule has 1 heterocycles. The van der Waals surface area contributed by atoms with Gasteiger partial charge in [0, 0.05) is 31.8 Å². The first kappa shape index (κ1) is 15.9. The van der Waals surface area contributed by atoms with Gasteiger partial charge in [0.25, 0.3) is 0 Å². The van der Waals surface area contributed by atoms with Crippen molar-refractivity contribution in [3.63, 3.8) is 0 Å². The fourth-order valence-corrected chi connectivity index (χ4v) is 3.12. The number of hydrogen-bond acceptors (Lipinski definition) is 3. The summed E-state index contributed by atoms with van der Waals surface area (Å²) in [4.78, 5) is 24.9. The van der Waals surface area contributed by atoms with E-state index >= 15 is 0 Å². The molecule has 0 spiro atoms. The number of carbonyl (C=O) groups is 2. The SMILES string of the molecule is O=C(C1CC1c1ccc(F)c(F)c1)N1CCC(O)(C(=O)O)CC1. The van der Waals surface area contributed by atoms with Crippen LogP contribution in [0.25, 0.3) is 0 Å². The Morgan fingerprint density at radius 3 is 2.39 bits per heavy atom. The normalized spacial score (nSPS) is 26.0. The van der Waals surface area contributed by atoms with E-state index in [9.17, 15) is 23.5 Å². The zero-order valence-corrected chi connectivity index (χ0v) is 12.3. The number of likely N-dealkylation sites (tertiary alicyclic amines) is 1. The van der Waals surface area contributed by atoms with Crippen LogP contribution in [0.4, 0.5) is 8.78 Å². The Kier molecular flexibility index (Phi) is 3.83. The van der Waals surface area contributed by atoms with Crippen LogP contribution in [0.3, 0.4) is 0 Å². The summed E-state index contributed by atoms with van der Waals surface area (Å²) in [5.74, 6) is -3.64. The minimum atomic E-state index is -1.76. The molecule has 7 heteroatoms. The van der Waals surface area contributed by atoms with E-state index < -0.39 is 23.2 Å². The van der Waals surface area contributed by atoms with Crippen LogP contribution in [0.1, 0.15) is 30.7 Å². The number of carboxylic acid groups (broad SMARTS) is 1. The summed E-state index contributed by atoms with van der Waals surface area (Å²) in [5, 5.41) is 18.8. The van der Waals surface area contributed by atoms with Crippen LogP contribution in [0, 0.1) is 17.6 Å². The van der Waals surface area contributed by atoms with Crippen molar-refractivity contribution >= 4 is 11.9 Å². The van der Waals surface area contributed by atoms with E-state index in [1.54, 1.807) is 4.90 Å². The number of piperidine rings is 1. The lowest BCUT2D eigenvalue weighted by molar-refractivity contribution is -0.165. The minimum Gasteiger partial charge on any atom is -0.479 e. The predicted molar refractivity (Wildman–Crippen MR) is 75.6 cm³/mol. The lowest BCUT2D eigenvalue weighted by Gasteiger charge is -2.35. The van der Waals surface area contributed by atoms with Crippen molar-refractivity contribution in [2.75, 3.05) is 13.1 Å². The van der Waals surface area contributed by atoms with Crippen LogP contribution in [-0.2, 0) is 9.59 Å². The van der Waals surface area contributed by atoms with E-state index in [0.29, 0.717) is 12.0 Å². The molecule has 1 aromatic rings. The predicted octanol–water partition coefficient (Wildman–Crippen LogP) is 1.51. The second kappa shape index (κ2) is 5.56. The molecule has 124 valence electrons. The summed E-state index contributed by atoms with van der Waals surface area (Å²) in [6, 6.07) is 3.65. The number of halogens is 2. The molecule has 1 aliphatic heterocycles. The van der Waals surface area contributed by atoms with Gasteiger partial charge in [0.1, 0.15) is 0 Å². The first-order valence-corrected chi connectivity index (χ1v) is 7.51. The van der Waals surface area contributed by atoms with Gasteiger partial charge in [-0.1, -0.05) is 6.07 Å². The van der Waals surface area contributed by atoms with Crippen molar-refractivity contribution in [1.29, 1.82) is 0 Å². The molecule has 2 N–H and O–H groups in total. The van der Waals surface area contributed by atoms with Crippen molar-refractivity contribution in [3.8, 4) is 0 Å². The van der Waals surface area contributed by atoms with Gasteiger partial charge < -0.3 is 15.1 Å². The summed E-state index contributed by atoms with van der Waals surface area (Å²) in [7, 11) is 0. The number of hydrogen-bond donors (Lipinski definition) is 2. The topological polar surface area (TPSA) is 77.8 Å². The van der Waals surface area contributed by atoms with E-state index in [1.165, 1.54) is 6.07 Å². The molecule has 0 radical (unpaired) electrons. The molecule has 5 nitrogen and oxygen atoms in total. The highest BCUT2D eigenvalue weighted by Crippen LogP contribution is 2.49. The van der Waals surface area contributed by atoms with Gasteiger partial charge in [-0.15, -0.1) is 0 Å². The maximum Gasteiger partial charge on any atom is 0.335 e. The molecule has 1 amide bonds. The van der Waals surface area contributed by atoms with Gasteiger partial charge in [0.05, 0.1) is 0 Å². The summed E-state index contributed by atoms with van der Waals surface area (Å²) >= 11 is 0. The summed E-state index contributed by atoms with van der Waals surface area (Å²) < 4.78 is 26.2. The number of rotatable bonds is 3. The van der Waals surface area contributed by atoms with E-state index in [-0.39, 0.29) is 43.7 Å². The second-order valence-electron chi connectivity index (χ2n) is 6.28. The molecule has 2 aliphatic rings. The van der Waals surface area contributed by atoms with Crippen molar-refractivity contribution in [2.24, 2.45) is 5.92 Å². The molecule has 0 aromatic heterocycles. The van der Waals surface area contributed by atoms with Crippen LogP contribution >= 0.6 is 0 Å². The number of aliphatic hydroxyl groups is 1. The minimum absolute atomic E-state index is 0.00334. The largest absolute Gasteiger partial charge is 0.479 e. The first-order chi connectivity index (χ1) is 10.8. The van der Waals surface area contributed by atoms with Gasteiger partial charge in [0.2, 0.25) is 5.91 Å². The van der Waals surface area contributed by atoms with Crippen molar-refractivity contribution in [3.05, 3.63) is 35.4 Å². The molecule has 1 aliphatic carbocycles. The first-order valence-electron chi connectivity index (χ1n) is 7.51. The van der Waals surface area contributed by atoms with Crippen LogP contribution in [0.15, 0.2) is 18.2 Å². The van der Waals surface area contributed by atoms with Crippen molar-refractivity contribution in [2.45, 2.75) is 30.8 Å². The summed E-state index contributed by atoms with van der Waals surface area (Å²) in [6.45, 7) is 0.366. The quantitative estimate of drug-likeness (QED) is 0.883. The molecule has 2 unspecified atom stereocenters. The molecule has 2 fully saturated rings. The number of carbonyl (C=O) groups excluding carboxylic acids is 1. The smallest absolute Gasteiger partial charge is 0.335 e. The highest BCUT2D eigenvalue weighted by Gasteiger charge is 2.48. The maximum atomic E-state index is 13.3. The van der Waals surface area contributed by atoms with E-state index in [2.05, 4.69) is 0 Å². The van der Waals surface area contributed by atoms with Gasteiger partial charge in [-0.25, -0.2) is 13.6 Å². The van der Waals surface area contributed by atoms with Crippen LogP contribution in [0.5, 0.6) is 0 Å². The Balaban J connectivity index is 1.61. The number of nitrogens with zero attached hydrogens (tertiary/aromatic N) is 1. The Morgan fingerprint density at radius 2 is 1.83 bits per heavy atom. The molecule has 3 rings (SSSR count). The monoisotopic (exact) mass is 325 g/mol. The third-order valence-electron chi connectivity index (χ3n) is 4.78. The van der Waals surface area contributed by atoms with E-state index in [1.807, 2.05) is 0 Å². The van der Waals surface area contributed by atoms with Crippen molar-refractivity contribution < 1.29 is 28.6 Å². The number of amides is 1. The molecule has 1 saturated heterocycles. The molecule has 1 saturated carbocycles. The average molecular weight is 325 g/mol. The van der Waals surface area contributed by atoms with Gasteiger partial charge in [-0.3, -0.25) is 4.79 Å². The third-order valence-corrected chi connectivity index (χ3v) is 4.78. The second-order valence-corrected chi connectivity index (χ2v) is 6.28. The molecular formula is C16H17F2NO4.